The number of hydrogen-bond acceptors (Lipinski definition) is 2. The molecule has 16 rings (SSSR count). The summed E-state index contributed by atoms with van der Waals surface area (Å²) in [6.45, 7) is 14.1. The first kappa shape index (κ1) is 55.5. The standard InChI is InChI=1S/C89H70N2/c1-87(2,3)67-41-49-81-79(57-67)80-58-68(88(4,5)6)42-50-82(80)89(81)85-73-47-43-71(90(69-33-21-11-22-34-69)83-51-39-63(59-25-13-7-14-26-59)55-77(83)61-29-17-9-18-30-61)53-65(73)37-45-75(85)76-46-38-66-54-72(44-48-74(66)86(76)89)91(70-35-23-12-24-36-70)84-52-40-64(60-27-15-8-16-28-60)56-78(84)62-31-19-10-20-32-62/h7-58H,1-6H3. The van der Waals surface area contributed by atoms with E-state index < -0.39 is 5.41 Å². The quantitative estimate of drug-likeness (QED) is 0.135. The summed E-state index contributed by atoms with van der Waals surface area (Å²) in [5, 5.41) is 4.88. The second-order valence-corrected chi connectivity index (χ2v) is 26.8. The molecule has 0 heterocycles. The highest BCUT2D eigenvalue weighted by molar-refractivity contribution is 6.10. The Kier molecular flexibility index (Phi) is 13.3. The first-order valence-electron chi connectivity index (χ1n) is 32.1. The van der Waals surface area contributed by atoms with E-state index in [0.29, 0.717) is 0 Å². The van der Waals surface area contributed by atoms with Crippen molar-refractivity contribution in [2.24, 2.45) is 0 Å². The summed E-state index contributed by atoms with van der Waals surface area (Å²) in [6, 6.07) is 118. The van der Waals surface area contributed by atoms with Crippen LogP contribution in [-0.2, 0) is 16.2 Å². The van der Waals surface area contributed by atoms with Crippen LogP contribution < -0.4 is 9.80 Å². The van der Waals surface area contributed by atoms with Gasteiger partial charge >= 0.3 is 0 Å². The summed E-state index contributed by atoms with van der Waals surface area (Å²) < 4.78 is 0. The summed E-state index contributed by atoms with van der Waals surface area (Å²) in [4.78, 5) is 4.92. The number of anilines is 6. The van der Waals surface area contributed by atoms with E-state index >= 15 is 0 Å². The summed E-state index contributed by atoms with van der Waals surface area (Å²) in [6.07, 6.45) is 0. The van der Waals surface area contributed by atoms with Crippen LogP contribution in [0.15, 0.2) is 315 Å². The Morgan fingerprint density at radius 2 is 0.593 bits per heavy atom. The molecule has 2 aliphatic rings. The van der Waals surface area contributed by atoms with Crippen molar-refractivity contribution in [1.82, 2.24) is 0 Å². The average Bonchev–Trinajstić information content (AvgIpc) is 1.50. The average molecular weight is 1170 g/mol. The van der Waals surface area contributed by atoms with Gasteiger partial charge in [-0.15, -0.1) is 0 Å². The Labute approximate surface area is 535 Å². The van der Waals surface area contributed by atoms with Crippen LogP contribution in [0.4, 0.5) is 34.1 Å². The van der Waals surface area contributed by atoms with Gasteiger partial charge in [0.05, 0.1) is 16.8 Å². The molecule has 0 unspecified atom stereocenters. The first-order chi connectivity index (χ1) is 44.4. The highest BCUT2D eigenvalue weighted by atomic mass is 15.2. The molecule has 0 aliphatic heterocycles. The van der Waals surface area contributed by atoms with E-state index in [0.717, 1.165) is 45.3 Å². The van der Waals surface area contributed by atoms with E-state index in [1.54, 1.807) is 0 Å². The Morgan fingerprint density at radius 3 is 0.956 bits per heavy atom. The van der Waals surface area contributed by atoms with Crippen molar-refractivity contribution in [3.63, 3.8) is 0 Å². The third kappa shape index (κ3) is 9.31. The number of benzene rings is 14. The molecule has 0 saturated carbocycles. The van der Waals surface area contributed by atoms with Crippen LogP contribution in [0.1, 0.15) is 74.9 Å². The topological polar surface area (TPSA) is 6.48 Å². The maximum Gasteiger partial charge on any atom is 0.0737 e. The van der Waals surface area contributed by atoms with E-state index in [2.05, 4.69) is 367 Å². The van der Waals surface area contributed by atoms with E-state index in [1.165, 1.54) is 111 Å². The zero-order valence-electron chi connectivity index (χ0n) is 52.4. The molecule has 91 heavy (non-hydrogen) atoms. The lowest BCUT2D eigenvalue weighted by Gasteiger charge is -2.34. The smallest absolute Gasteiger partial charge is 0.0737 e. The van der Waals surface area contributed by atoms with Gasteiger partial charge in [0.2, 0.25) is 0 Å². The Hall–Kier alpha value is -10.8. The van der Waals surface area contributed by atoms with Crippen LogP contribution in [0.2, 0.25) is 0 Å². The number of nitrogens with zero attached hydrogens (tertiary/aromatic N) is 2. The van der Waals surface area contributed by atoms with Gasteiger partial charge in [0.15, 0.2) is 0 Å². The number of rotatable bonds is 10. The molecule has 2 nitrogen and oxygen atoms in total. The molecular weight excluding hydrogens is 1100 g/mol. The van der Waals surface area contributed by atoms with Crippen LogP contribution in [-0.4, -0.2) is 0 Å². The number of fused-ring (bicyclic) bond motifs is 14. The molecule has 0 atom stereocenters. The van der Waals surface area contributed by atoms with Crippen molar-refractivity contribution in [2.75, 3.05) is 9.80 Å². The van der Waals surface area contributed by atoms with Crippen LogP contribution in [0.3, 0.4) is 0 Å². The molecule has 0 amide bonds. The van der Waals surface area contributed by atoms with Crippen molar-refractivity contribution < 1.29 is 0 Å². The fourth-order valence-corrected chi connectivity index (χ4v) is 14.9. The molecule has 0 fully saturated rings. The zero-order valence-corrected chi connectivity index (χ0v) is 52.4. The highest BCUT2D eigenvalue weighted by Gasteiger charge is 2.54. The lowest BCUT2D eigenvalue weighted by molar-refractivity contribution is 0.589. The summed E-state index contributed by atoms with van der Waals surface area (Å²) in [5.74, 6) is 0. The van der Waals surface area contributed by atoms with Crippen LogP contribution in [0.25, 0.3) is 88.3 Å². The van der Waals surface area contributed by atoms with Gasteiger partial charge < -0.3 is 9.80 Å². The largest absolute Gasteiger partial charge is 0.310 e. The molecule has 0 radical (unpaired) electrons. The Morgan fingerprint density at radius 1 is 0.242 bits per heavy atom. The lowest BCUT2D eigenvalue weighted by atomic mass is 9.68. The van der Waals surface area contributed by atoms with Crippen molar-refractivity contribution >= 4 is 55.7 Å². The van der Waals surface area contributed by atoms with Crippen LogP contribution in [0.5, 0.6) is 0 Å². The second kappa shape index (κ2) is 21.8. The Bertz CT molecular complexity index is 4770. The van der Waals surface area contributed by atoms with Crippen molar-refractivity contribution in [3.8, 4) is 66.8 Å². The van der Waals surface area contributed by atoms with Crippen molar-refractivity contribution in [3.05, 3.63) is 349 Å². The summed E-state index contributed by atoms with van der Waals surface area (Å²) in [7, 11) is 0. The minimum atomic E-state index is -0.677. The second-order valence-electron chi connectivity index (χ2n) is 26.8. The molecule has 2 heteroatoms. The lowest BCUT2D eigenvalue weighted by Crippen LogP contribution is -2.27. The molecule has 1 spiro atoms. The minimum Gasteiger partial charge on any atom is -0.310 e. The third-order valence-electron chi connectivity index (χ3n) is 19.3. The first-order valence-corrected chi connectivity index (χ1v) is 32.1. The van der Waals surface area contributed by atoms with Gasteiger partial charge in [-0.3, -0.25) is 0 Å². The Balaban J connectivity index is 0.938. The molecule has 14 aromatic carbocycles. The predicted octanol–water partition coefficient (Wildman–Crippen LogP) is 24.5. The summed E-state index contributed by atoms with van der Waals surface area (Å²) >= 11 is 0. The molecule has 14 aromatic rings. The van der Waals surface area contributed by atoms with E-state index in [1.807, 2.05) is 0 Å². The monoisotopic (exact) mass is 1170 g/mol. The minimum absolute atomic E-state index is 0.0655. The van der Waals surface area contributed by atoms with Gasteiger partial charge in [-0.05, 0) is 194 Å². The molecule has 0 saturated heterocycles. The normalized spacial score (nSPS) is 12.8. The number of para-hydroxylation sites is 2. The van der Waals surface area contributed by atoms with Crippen LogP contribution in [0, 0.1) is 0 Å². The predicted molar refractivity (Wildman–Crippen MR) is 386 cm³/mol. The van der Waals surface area contributed by atoms with Crippen molar-refractivity contribution in [2.45, 2.75) is 57.8 Å². The maximum atomic E-state index is 2.54. The van der Waals surface area contributed by atoms with Gasteiger partial charge in [0.1, 0.15) is 0 Å². The molecular formula is C89H70N2. The fourth-order valence-electron chi connectivity index (χ4n) is 14.9. The van der Waals surface area contributed by atoms with Gasteiger partial charge in [0, 0.05) is 33.9 Å². The van der Waals surface area contributed by atoms with Gasteiger partial charge in [-0.25, -0.2) is 0 Å². The van der Waals surface area contributed by atoms with E-state index in [4.69, 9.17) is 0 Å². The maximum absolute atomic E-state index is 2.54. The zero-order chi connectivity index (χ0) is 61.6. The van der Waals surface area contributed by atoms with Gasteiger partial charge in [-0.2, -0.15) is 0 Å². The molecule has 0 bridgehead atoms. The van der Waals surface area contributed by atoms with Gasteiger partial charge in [0.25, 0.3) is 0 Å². The molecule has 0 aromatic heterocycles. The van der Waals surface area contributed by atoms with Crippen LogP contribution >= 0.6 is 0 Å². The van der Waals surface area contributed by atoms with Crippen molar-refractivity contribution in [1.29, 1.82) is 0 Å². The number of hydrogen-bond donors (Lipinski definition) is 0. The fraction of sp³-hybridized carbons (Fsp3) is 0.101. The SMILES string of the molecule is CC(C)(C)c1ccc2c(c1)-c1cc(C(C)(C)C)ccc1C21c2c(ccc3cc(N(c4ccccc4)c4ccc(-c5ccccc5)cc4-c4ccccc4)ccc23)-c2ccc3cc(N(c4ccccc4)c4ccc(-c5ccccc5)cc4-c4ccccc4)ccc3c21. The molecule has 2 aliphatic carbocycles. The van der Waals surface area contributed by atoms with E-state index in [9.17, 15) is 0 Å². The third-order valence-corrected chi connectivity index (χ3v) is 19.3. The van der Waals surface area contributed by atoms with E-state index in [-0.39, 0.29) is 10.8 Å². The summed E-state index contributed by atoms with van der Waals surface area (Å²) in [5.41, 5.74) is 28.4. The molecule has 436 valence electrons. The van der Waals surface area contributed by atoms with Gasteiger partial charge in [-0.1, -0.05) is 284 Å². The highest BCUT2D eigenvalue weighted by Crippen LogP contribution is 2.66. The molecule has 0 N–H and O–H groups in total.